The summed E-state index contributed by atoms with van der Waals surface area (Å²) >= 11 is 0. The van der Waals surface area contributed by atoms with E-state index in [2.05, 4.69) is 17.4 Å². The van der Waals surface area contributed by atoms with Crippen LogP contribution in [0.15, 0.2) is 42.5 Å². The van der Waals surface area contributed by atoms with Crippen molar-refractivity contribution in [2.75, 3.05) is 7.11 Å². The van der Waals surface area contributed by atoms with Crippen molar-refractivity contribution < 1.29 is 14.3 Å². The summed E-state index contributed by atoms with van der Waals surface area (Å²) in [6.07, 6.45) is 4.21. The molecule has 4 nitrogen and oxygen atoms in total. The lowest BCUT2D eigenvalue weighted by atomic mass is 9.92. The molecule has 1 aliphatic carbocycles. The van der Waals surface area contributed by atoms with Gasteiger partial charge in [-0.05, 0) is 73.6 Å². The Hall–Kier alpha value is -2.49. The molecule has 1 atom stereocenters. The Labute approximate surface area is 149 Å². The van der Waals surface area contributed by atoms with Gasteiger partial charge in [0, 0.05) is 6.54 Å². The molecule has 2 aromatic carbocycles. The summed E-state index contributed by atoms with van der Waals surface area (Å²) in [6, 6.07) is 13.8. The van der Waals surface area contributed by atoms with Crippen molar-refractivity contribution in [3.8, 4) is 11.5 Å². The van der Waals surface area contributed by atoms with Crippen molar-refractivity contribution in [2.45, 2.75) is 45.3 Å². The molecule has 1 N–H and O–H groups in total. The second-order valence-electron chi connectivity index (χ2n) is 6.46. The SMILES string of the molecule is COc1ccc(CNC(=O)[C@H](C)Oc2ccc3c(c2)CCCC3)cc1. The number of benzene rings is 2. The van der Waals surface area contributed by atoms with Crippen LogP contribution in [0.25, 0.3) is 0 Å². The number of methoxy groups -OCH3 is 1. The Kier molecular flexibility index (Phi) is 5.59. The zero-order valence-electron chi connectivity index (χ0n) is 14.9. The molecular formula is C21H25NO3. The molecule has 0 saturated carbocycles. The number of amides is 1. The lowest BCUT2D eigenvalue weighted by Crippen LogP contribution is -2.35. The topological polar surface area (TPSA) is 47.6 Å². The first-order valence-corrected chi connectivity index (χ1v) is 8.85. The van der Waals surface area contributed by atoms with Crippen molar-refractivity contribution >= 4 is 5.91 Å². The van der Waals surface area contributed by atoms with Gasteiger partial charge in [0.25, 0.3) is 5.91 Å². The van der Waals surface area contributed by atoms with Crippen LogP contribution in [0.5, 0.6) is 11.5 Å². The largest absolute Gasteiger partial charge is 0.497 e. The molecule has 2 aromatic rings. The molecule has 0 fully saturated rings. The smallest absolute Gasteiger partial charge is 0.261 e. The molecule has 1 amide bonds. The molecule has 0 unspecified atom stereocenters. The average Bonchev–Trinajstić information content (AvgIpc) is 2.66. The lowest BCUT2D eigenvalue weighted by molar-refractivity contribution is -0.127. The minimum absolute atomic E-state index is 0.117. The van der Waals surface area contributed by atoms with Gasteiger partial charge in [-0.1, -0.05) is 18.2 Å². The second-order valence-corrected chi connectivity index (χ2v) is 6.46. The third-order valence-corrected chi connectivity index (χ3v) is 4.63. The molecule has 0 saturated heterocycles. The van der Waals surface area contributed by atoms with Gasteiger partial charge in [-0.3, -0.25) is 4.79 Å². The molecule has 0 aromatic heterocycles. The van der Waals surface area contributed by atoms with Crippen LogP contribution in [0.2, 0.25) is 0 Å². The highest BCUT2D eigenvalue weighted by Gasteiger charge is 2.16. The minimum Gasteiger partial charge on any atom is -0.497 e. The lowest BCUT2D eigenvalue weighted by Gasteiger charge is -2.19. The number of carbonyl (C=O) groups excluding carboxylic acids is 1. The second kappa shape index (κ2) is 8.06. The van der Waals surface area contributed by atoms with Gasteiger partial charge >= 0.3 is 0 Å². The van der Waals surface area contributed by atoms with Crippen LogP contribution in [-0.2, 0) is 24.2 Å². The van der Waals surface area contributed by atoms with Gasteiger partial charge in [0.15, 0.2) is 6.10 Å². The Balaban J connectivity index is 1.53. The summed E-state index contributed by atoms with van der Waals surface area (Å²) in [4.78, 5) is 12.3. The van der Waals surface area contributed by atoms with Crippen molar-refractivity contribution in [1.82, 2.24) is 5.32 Å². The maximum absolute atomic E-state index is 12.3. The molecule has 0 radical (unpaired) electrons. The van der Waals surface area contributed by atoms with Gasteiger partial charge < -0.3 is 14.8 Å². The molecule has 0 aliphatic heterocycles. The van der Waals surface area contributed by atoms with Crippen LogP contribution in [-0.4, -0.2) is 19.1 Å². The summed E-state index contributed by atoms with van der Waals surface area (Å²) in [5, 5.41) is 2.91. The van der Waals surface area contributed by atoms with Crippen LogP contribution in [0.3, 0.4) is 0 Å². The van der Waals surface area contributed by atoms with E-state index in [1.54, 1.807) is 14.0 Å². The van der Waals surface area contributed by atoms with Crippen LogP contribution >= 0.6 is 0 Å². The summed E-state index contributed by atoms with van der Waals surface area (Å²) < 4.78 is 11.0. The van der Waals surface area contributed by atoms with Gasteiger partial charge in [0.1, 0.15) is 11.5 Å². The van der Waals surface area contributed by atoms with Crippen molar-refractivity contribution in [3.63, 3.8) is 0 Å². The van der Waals surface area contributed by atoms with Crippen LogP contribution in [0.1, 0.15) is 36.5 Å². The predicted octanol–water partition coefficient (Wildman–Crippen LogP) is 3.66. The first-order chi connectivity index (χ1) is 12.2. The maximum Gasteiger partial charge on any atom is 0.261 e. The molecule has 25 heavy (non-hydrogen) atoms. The molecule has 132 valence electrons. The third kappa shape index (κ3) is 4.53. The predicted molar refractivity (Wildman–Crippen MR) is 98.0 cm³/mol. The van der Waals surface area contributed by atoms with Crippen LogP contribution in [0.4, 0.5) is 0 Å². The van der Waals surface area contributed by atoms with Gasteiger partial charge in [0.05, 0.1) is 7.11 Å². The number of ether oxygens (including phenoxy) is 2. The fourth-order valence-corrected chi connectivity index (χ4v) is 3.12. The first kappa shape index (κ1) is 17.3. The number of carbonyl (C=O) groups is 1. The fraction of sp³-hybridized carbons (Fsp3) is 0.381. The van der Waals surface area contributed by atoms with Gasteiger partial charge in [-0.25, -0.2) is 0 Å². The van der Waals surface area contributed by atoms with E-state index >= 15 is 0 Å². The summed E-state index contributed by atoms with van der Waals surface area (Å²) in [7, 11) is 1.64. The van der Waals surface area contributed by atoms with Gasteiger partial charge in [-0.15, -0.1) is 0 Å². The van der Waals surface area contributed by atoms with E-state index in [1.807, 2.05) is 30.3 Å². The number of aryl methyl sites for hydroxylation is 2. The number of fused-ring (bicyclic) bond motifs is 1. The molecule has 0 bridgehead atoms. The molecular weight excluding hydrogens is 314 g/mol. The van der Waals surface area contributed by atoms with E-state index in [9.17, 15) is 4.79 Å². The Morgan fingerprint density at radius 2 is 1.72 bits per heavy atom. The van der Waals surface area contributed by atoms with E-state index < -0.39 is 6.10 Å². The Morgan fingerprint density at radius 1 is 1.04 bits per heavy atom. The molecule has 1 aliphatic rings. The highest BCUT2D eigenvalue weighted by atomic mass is 16.5. The zero-order valence-corrected chi connectivity index (χ0v) is 14.9. The van der Waals surface area contributed by atoms with E-state index in [0.717, 1.165) is 29.9 Å². The average molecular weight is 339 g/mol. The van der Waals surface area contributed by atoms with Gasteiger partial charge in [-0.2, -0.15) is 0 Å². The zero-order chi connectivity index (χ0) is 17.6. The number of hydrogen-bond donors (Lipinski definition) is 1. The van der Waals surface area contributed by atoms with E-state index in [1.165, 1.54) is 24.0 Å². The third-order valence-electron chi connectivity index (χ3n) is 4.63. The summed E-state index contributed by atoms with van der Waals surface area (Å²) in [5.41, 5.74) is 3.79. The quantitative estimate of drug-likeness (QED) is 0.874. The Bertz CT molecular complexity index is 724. The van der Waals surface area contributed by atoms with Crippen LogP contribution < -0.4 is 14.8 Å². The standard InChI is InChI=1S/C21H25NO3/c1-15(21(23)22-14-16-7-10-19(24-2)11-8-16)25-20-12-9-17-5-3-4-6-18(17)13-20/h7-13,15H,3-6,14H2,1-2H3,(H,22,23)/t15-/m0/s1. The normalized spacial score (nSPS) is 14.3. The van der Waals surface area contributed by atoms with Gasteiger partial charge in [0.2, 0.25) is 0 Å². The first-order valence-electron chi connectivity index (χ1n) is 8.85. The van der Waals surface area contributed by atoms with E-state index in [0.29, 0.717) is 6.54 Å². The van der Waals surface area contributed by atoms with E-state index in [4.69, 9.17) is 9.47 Å². The number of rotatable bonds is 6. The minimum atomic E-state index is -0.528. The van der Waals surface area contributed by atoms with Crippen molar-refractivity contribution in [3.05, 3.63) is 59.2 Å². The highest BCUT2D eigenvalue weighted by Crippen LogP contribution is 2.25. The summed E-state index contributed by atoms with van der Waals surface area (Å²) in [5.74, 6) is 1.46. The number of hydrogen-bond acceptors (Lipinski definition) is 3. The number of nitrogens with one attached hydrogen (secondary N) is 1. The van der Waals surface area contributed by atoms with Crippen LogP contribution in [0, 0.1) is 0 Å². The van der Waals surface area contributed by atoms with Crippen molar-refractivity contribution in [1.29, 1.82) is 0 Å². The molecule has 0 spiro atoms. The van der Waals surface area contributed by atoms with E-state index in [-0.39, 0.29) is 5.91 Å². The highest BCUT2D eigenvalue weighted by molar-refractivity contribution is 5.80. The van der Waals surface area contributed by atoms with Crippen molar-refractivity contribution in [2.24, 2.45) is 0 Å². The maximum atomic E-state index is 12.3. The summed E-state index contributed by atoms with van der Waals surface area (Å²) in [6.45, 7) is 2.25. The Morgan fingerprint density at radius 3 is 2.44 bits per heavy atom. The molecule has 4 heteroatoms. The monoisotopic (exact) mass is 339 g/mol. The molecule has 3 rings (SSSR count). The molecule has 0 heterocycles. The fourth-order valence-electron chi connectivity index (χ4n) is 3.12.